The summed E-state index contributed by atoms with van der Waals surface area (Å²) in [4.78, 5) is 15.2. The van der Waals surface area contributed by atoms with Crippen LogP contribution in [0.25, 0.3) is 11.1 Å². The number of pyridine rings is 1. The molecule has 6 heteroatoms. The van der Waals surface area contributed by atoms with Crippen LogP contribution < -0.4 is 10.2 Å². The van der Waals surface area contributed by atoms with E-state index in [0.29, 0.717) is 41.1 Å². The zero-order valence-electron chi connectivity index (χ0n) is 12.0. The summed E-state index contributed by atoms with van der Waals surface area (Å²) in [5.74, 6) is -0.138. The van der Waals surface area contributed by atoms with Crippen LogP contribution in [0.1, 0.15) is 18.4 Å². The molecule has 0 radical (unpaired) electrons. The van der Waals surface area contributed by atoms with E-state index in [-0.39, 0.29) is 11.7 Å². The summed E-state index contributed by atoms with van der Waals surface area (Å²) in [6, 6.07) is 8.34. The summed E-state index contributed by atoms with van der Waals surface area (Å²) < 4.78 is 19.6. The molecule has 2 heterocycles. The van der Waals surface area contributed by atoms with Crippen LogP contribution in [0.3, 0.4) is 0 Å². The maximum Gasteiger partial charge on any atom is 0.240 e. The van der Waals surface area contributed by atoms with Gasteiger partial charge in [0.2, 0.25) is 11.8 Å². The van der Waals surface area contributed by atoms with Gasteiger partial charge in [-0.25, -0.2) is 14.8 Å². The van der Waals surface area contributed by atoms with Crippen LogP contribution in [0.15, 0.2) is 41.6 Å². The van der Waals surface area contributed by atoms with Gasteiger partial charge in [0.1, 0.15) is 5.82 Å². The van der Waals surface area contributed by atoms with E-state index in [0.717, 1.165) is 0 Å². The van der Waals surface area contributed by atoms with Gasteiger partial charge < -0.3 is 4.74 Å². The third kappa shape index (κ3) is 2.67. The normalized spacial score (nSPS) is 14.3. The molecule has 1 N–H and O–H groups in total. The van der Waals surface area contributed by atoms with Crippen LogP contribution in [0.2, 0.25) is 0 Å². The van der Waals surface area contributed by atoms with Crippen molar-refractivity contribution in [1.82, 2.24) is 10.4 Å². The number of nitrogens with zero attached hydrogens (tertiary/aromatic N) is 2. The molecule has 112 valence electrons. The molecule has 5 nitrogen and oxygen atoms in total. The van der Waals surface area contributed by atoms with E-state index in [2.05, 4.69) is 15.5 Å². The Balaban J connectivity index is 1.98. The quantitative estimate of drug-likeness (QED) is 0.947. The fraction of sp³-hybridized carbons (Fsp3) is 0.188. The highest BCUT2D eigenvalue weighted by atomic mass is 19.1. The first-order chi connectivity index (χ1) is 10.7. The number of halogens is 1. The smallest absolute Gasteiger partial charge is 0.240 e. The van der Waals surface area contributed by atoms with Gasteiger partial charge in [0, 0.05) is 35.7 Å². The Bertz CT molecular complexity index is 759. The van der Waals surface area contributed by atoms with Crippen molar-refractivity contribution in [2.45, 2.75) is 12.8 Å². The first-order valence-electron chi connectivity index (χ1n) is 6.83. The van der Waals surface area contributed by atoms with Gasteiger partial charge in [0.15, 0.2) is 0 Å². The summed E-state index contributed by atoms with van der Waals surface area (Å²) in [5, 5.41) is 3.97. The highest BCUT2D eigenvalue weighted by Gasteiger charge is 2.16. The molecule has 0 saturated heterocycles. The van der Waals surface area contributed by atoms with Crippen molar-refractivity contribution >= 4 is 11.6 Å². The SMILES string of the molecule is COc1ncccc1-c1ccc(C2=NNC(=O)CC2)cc1F. The van der Waals surface area contributed by atoms with Crippen LogP contribution in [0, 0.1) is 5.82 Å². The number of carbonyl (C=O) groups excluding carboxylic acids is 1. The van der Waals surface area contributed by atoms with Gasteiger partial charge in [-0.2, -0.15) is 5.10 Å². The average molecular weight is 299 g/mol. The van der Waals surface area contributed by atoms with Crippen LogP contribution >= 0.6 is 0 Å². The van der Waals surface area contributed by atoms with Gasteiger partial charge in [-0.3, -0.25) is 4.79 Å². The minimum Gasteiger partial charge on any atom is -0.481 e. The minimum atomic E-state index is -0.386. The monoisotopic (exact) mass is 299 g/mol. The Morgan fingerprint density at radius 3 is 2.77 bits per heavy atom. The van der Waals surface area contributed by atoms with Crippen LogP contribution in [-0.2, 0) is 4.79 Å². The van der Waals surface area contributed by atoms with Crippen molar-refractivity contribution in [2.24, 2.45) is 5.10 Å². The number of nitrogens with one attached hydrogen (secondary N) is 1. The molecule has 3 rings (SSSR count). The van der Waals surface area contributed by atoms with E-state index < -0.39 is 0 Å². The maximum absolute atomic E-state index is 14.5. The minimum absolute atomic E-state index is 0.124. The Hall–Kier alpha value is -2.76. The first kappa shape index (κ1) is 14.2. The number of carbonyl (C=O) groups is 1. The fourth-order valence-electron chi connectivity index (χ4n) is 2.35. The summed E-state index contributed by atoms with van der Waals surface area (Å²) >= 11 is 0. The van der Waals surface area contributed by atoms with Gasteiger partial charge in [0.25, 0.3) is 0 Å². The van der Waals surface area contributed by atoms with Crippen molar-refractivity contribution in [3.8, 4) is 17.0 Å². The van der Waals surface area contributed by atoms with Gasteiger partial charge in [-0.1, -0.05) is 12.1 Å². The second kappa shape index (κ2) is 5.93. The third-order valence-electron chi connectivity index (χ3n) is 3.46. The molecule has 0 fully saturated rings. The number of aromatic nitrogens is 1. The second-order valence-electron chi connectivity index (χ2n) is 4.85. The van der Waals surface area contributed by atoms with Crippen molar-refractivity contribution in [1.29, 1.82) is 0 Å². The van der Waals surface area contributed by atoms with E-state index >= 15 is 0 Å². The lowest BCUT2D eigenvalue weighted by atomic mass is 9.99. The fourth-order valence-corrected chi connectivity index (χ4v) is 2.35. The number of rotatable bonds is 3. The predicted octanol–water partition coefficient (Wildman–Crippen LogP) is 2.51. The molecular formula is C16H14FN3O2. The zero-order valence-corrected chi connectivity index (χ0v) is 12.0. The van der Waals surface area contributed by atoms with Gasteiger partial charge >= 0.3 is 0 Å². The van der Waals surface area contributed by atoms with Gasteiger partial charge in [0.05, 0.1) is 12.8 Å². The molecule has 0 aliphatic carbocycles. The molecule has 1 aliphatic heterocycles. The lowest BCUT2D eigenvalue weighted by Gasteiger charge is -2.13. The number of benzene rings is 1. The van der Waals surface area contributed by atoms with Crippen molar-refractivity contribution in [3.63, 3.8) is 0 Å². The lowest BCUT2D eigenvalue weighted by molar-refractivity contribution is -0.121. The van der Waals surface area contributed by atoms with E-state index in [4.69, 9.17) is 4.74 Å². The predicted molar refractivity (Wildman–Crippen MR) is 80.1 cm³/mol. The van der Waals surface area contributed by atoms with Crippen LogP contribution in [0.4, 0.5) is 4.39 Å². The highest BCUT2D eigenvalue weighted by molar-refractivity contribution is 6.04. The molecule has 0 spiro atoms. The van der Waals surface area contributed by atoms with Gasteiger partial charge in [-0.15, -0.1) is 0 Å². The largest absolute Gasteiger partial charge is 0.481 e. The zero-order chi connectivity index (χ0) is 15.5. The number of amides is 1. The van der Waals surface area contributed by atoms with E-state index in [9.17, 15) is 9.18 Å². The van der Waals surface area contributed by atoms with Crippen LogP contribution in [-0.4, -0.2) is 23.7 Å². The molecule has 1 aromatic carbocycles. The van der Waals surface area contributed by atoms with E-state index in [1.165, 1.54) is 13.2 Å². The maximum atomic E-state index is 14.5. The summed E-state index contributed by atoms with van der Waals surface area (Å²) in [5.41, 5.74) is 4.74. The van der Waals surface area contributed by atoms with E-state index in [1.807, 2.05) is 0 Å². The topological polar surface area (TPSA) is 63.6 Å². The highest BCUT2D eigenvalue weighted by Crippen LogP contribution is 2.30. The number of methoxy groups -OCH3 is 1. The molecule has 0 atom stereocenters. The Kier molecular flexibility index (Phi) is 3.82. The molecule has 0 saturated carbocycles. The third-order valence-corrected chi connectivity index (χ3v) is 3.46. The molecule has 1 amide bonds. The summed E-state index contributed by atoms with van der Waals surface area (Å²) in [6.07, 6.45) is 2.45. The van der Waals surface area contributed by atoms with Crippen molar-refractivity contribution < 1.29 is 13.9 Å². The van der Waals surface area contributed by atoms with E-state index in [1.54, 1.807) is 30.5 Å². The molecule has 1 aromatic heterocycles. The number of hydrogen-bond donors (Lipinski definition) is 1. The summed E-state index contributed by atoms with van der Waals surface area (Å²) in [6.45, 7) is 0. The first-order valence-corrected chi connectivity index (χ1v) is 6.83. The number of hydrogen-bond acceptors (Lipinski definition) is 4. The molecule has 22 heavy (non-hydrogen) atoms. The Labute approximate surface area is 126 Å². The van der Waals surface area contributed by atoms with Crippen molar-refractivity contribution in [2.75, 3.05) is 7.11 Å². The standard InChI is InChI=1S/C16H14FN3O2/c1-22-16-12(3-2-8-18-16)11-5-4-10(9-13(11)17)14-6-7-15(21)20-19-14/h2-5,8-9H,6-7H2,1H3,(H,20,21). The lowest BCUT2D eigenvalue weighted by Crippen LogP contribution is -2.25. The van der Waals surface area contributed by atoms with Crippen molar-refractivity contribution in [3.05, 3.63) is 47.9 Å². The molecule has 2 aromatic rings. The molecule has 0 bridgehead atoms. The molecular weight excluding hydrogens is 285 g/mol. The Morgan fingerprint density at radius 1 is 1.23 bits per heavy atom. The molecule has 1 aliphatic rings. The number of ether oxygens (including phenoxy) is 1. The second-order valence-corrected chi connectivity index (χ2v) is 4.85. The van der Waals surface area contributed by atoms with Crippen LogP contribution in [0.5, 0.6) is 5.88 Å². The molecule has 0 unspecified atom stereocenters. The number of hydrazone groups is 1. The Morgan fingerprint density at radius 2 is 2.09 bits per heavy atom. The summed E-state index contributed by atoms with van der Waals surface area (Å²) in [7, 11) is 1.50. The van der Waals surface area contributed by atoms with Gasteiger partial charge in [-0.05, 0) is 18.2 Å². The average Bonchev–Trinajstić information content (AvgIpc) is 2.55.